The largest absolute Gasteiger partial charge is 0.492 e. The van der Waals surface area contributed by atoms with Crippen molar-refractivity contribution in [2.45, 2.75) is 33.2 Å². The zero-order chi connectivity index (χ0) is 15.4. The number of carboxylic acids is 1. The first-order valence-electron chi connectivity index (χ1n) is 6.53. The van der Waals surface area contributed by atoms with Gasteiger partial charge >= 0.3 is 5.97 Å². The number of rotatable bonds is 7. The molecule has 0 aliphatic heterocycles. The monoisotopic (exact) mass is 343 g/mol. The summed E-state index contributed by atoms with van der Waals surface area (Å²) in [5.41, 5.74) is -1.39. The van der Waals surface area contributed by atoms with Gasteiger partial charge in [-0.25, -0.2) is 0 Å². The fraction of sp³-hybridized carbons (Fsp3) is 0.533. The van der Waals surface area contributed by atoms with Crippen molar-refractivity contribution in [2.75, 3.05) is 13.2 Å². The Hall–Kier alpha value is -1.07. The molecule has 0 spiro atoms. The first kappa shape index (κ1) is 17.0. The van der Waals surface area contributed by atoms with E-state index in [2.05, 4.69) is 21.2 Å². The molecule has 0 atom stereocenters. The maximum Gasteiger partial charge on any atom is 0.310 e. The Morgan fingerprint density at radius 3 is 2.55 bits per heavy atom. The molecule has 0 saturated heterocycles. The molecule has 0 bridgehead atoms. The minimum Gasteiger partial charge on any atom is -0.492 e. The lowest BCUT2D eigenvalue weighted by atomic mass is 9.74. The van der Waals surface area contributed by atoms with Crippen molar-refractivity contribution in [1.29, 1.82) is 0 Å². The van der Waals surface area contributed by atoms with Gasteiger partial charge in [0, 0.05) is 16.6 Å². The molecule has 0 aliphatic carbocycles. The fourth-order valence-corrected chi connectivity index (χ4v) is 1.96. The van der Waals surface area contributed by atoms with Crippen LogP contribution < -0.4 is 10.1 Å². The second-order valence-corrected chi connectivity index (χ2v) is 6.70. The summed E-state index contributed by atoms with van der Waals surface area (Å²) >= 11 is 3.38. The van der Waals surface area contributed by atoms with Gasteiger partial charge in [-0.2, -0.15) is 0 Å². The van der Waals surface area contributed by atoms with Gasteiger partial charge in [0.05, 0.1) is 5.41 Å². The summed E-state index contributed by atoms with van der Waals surface area (Å²) in [5, 5.41) is 12.5. The standard InChI is InChI=1S/C15H22BrNO3/c1-14(2,13(18)19)15(3,4)17-8-9-20-12-7-5-6-11(16)10-12/h5-7,10,17H,8-9H2,1-4H3,(H,18,19). The van der Waals surface area contributed by atoms with Crippen molar-refractivity contribution in [3.63, 3.8) is 0 Å². The summed E-state index contributed by atoms with van der Waals surface area (Å²) < 4.78 is 6.58. The second kappa shape index (κ2) is 6.59. The van der Waals surface area contributed by atoms with Gasteiger partial charge in [-0.3, -0.25) is 4.79 Å². The predicted octanol–water partition coefficient (Wildman–Crippen LogP) is 3.31. The summed E-state index contributed by atoms with van der Waals surface area (Å²) in [7, 11) is 0. The predicted molar refractivity (Wildman–Crippen MR) is 83.1 cm³/mol. The highest BCUT2D eigenvalue weighted by atomic mass is 79.9. The number of ether oxygens (including phenoxy) is 1. The van der Waals surface area contributed by atoms with E-state index in [1.165, 1.54) is 0 Å². The van der Waals surface area contributed by atoms with Crippen LogP contribution in [0.4, 0.5) is 0 Å². The Morgan fingerprint density at radius 1 is 1.35 bits per heavy atom. The van der Waals surface area contributed by atoms with Crippen molar-refractivity contribution >= 4 is 21.9 Å². The number of carbonyl (C=O) groups is 1. The lowest BCUT2D eigenvalue weighted by Crippen LogP contribution is -2.55. The molecular formula is C15H22BrNO3. The molecule has 0 saturated carbocycles. The molecule has 2 N–H and O–H groups in total. The highest BCUT2D eigenvalue weighted by Crippen LogP contribution is 2.30. The lowest BCUT2D eigenvalue weighted by molar-refractivity contribution is -0.151. The number of halogens is 1. The van der Waals surface area contributed by atoms with Crippen LogP contribution >= 0.6 is 15.9 Å². The Labute approximate surface area is 128 Å². The van der Waals surface area contributed by atoms with Gasteiger partial charge in [-0.1, -0.05) is 22.0 Å². The van der Waals surface area contributed by atoms with E-state index in [0.717, 1.165) is 10.2 Å². The van der Waals surface area contributed by atoms with E-state index in [0.29, 0.717) is 13.2 Å². The summed E-state index contributed by atoms with van der Waals surface area (Å²) in [6.07, 6.45) is 0. The van der Waals surface area contributed by atoms with Crippen LogP contribution in [0.1, 0.15) is 27.7 Å². The summed E-state index contributed by atoms with van der Waals surface area (Å²) in [4.78, 5) is 11.3. The van der Waals surface area contributed by atoms with E-state index in [1.54, 1.807) is 13.8 Å². The van der Waals surface area contributed by atoms with Crippen LogP contribution in [0.3, 0.4) is 0 Å². The molecule has 0 fully saturated rings. The molecule has 0 amide bonds. The highest BCUT2D eigenvalue weighted by molar-refractivity contribution is 9.10. The Morgan fingerprint density at radius 2 is 2.00 bits per heavy atom. The zero-order valence-corrected chi connectivity index (χ0v) is 14.0. The third kappa shape index (κ3) is 4.21. The summed E-state index contributed by atoms with van der Waals surface area (Å²) in [5.74, 6) is -0.0283. The molecule has 1 rings (SSSR count). The molecule has 5 heteroatoms. The number of aliphatic carboxylic acids is 1. The van der Waals surface area contributed by atoms with E-state index in [-0.39, 0.29) is 0 Å². The van der Waals surface area contributed by atoms with Gasteiger partial charge in [0.2, 0.25) is 0 Å². The summed E-state index contributed by atoms with van der Waals surface area (Å²) in [6, 6.07) is 7.62. The van der Waals surface area contributed by atoms with Gasteiger partial charge in [0.1, 0.15) is 12.4 Å². The minimum absolute atomic E-state index is 0.482. The summed E-state index contributed by atoms with van der Waals surface area (Å²) in [6.45, 7) is 8.28. The maximum absolute atomic E-state index is 11.3. The van der Waals surface area contributed by atoms with Crippen molar-refractivity contribution in [2.24, 2.45) is 5.41 Å². The van der Waals surface area contributed by atoms with Gasteiger partial charge in [0.25, 0.3) is 0 Å². The maximum atomic E-state index is 11.3. The van der Waals surface area contributed by atoms with E-state index < -0.39 is 16.9 Å². The van der Waals surface area contributed by atoms with Gasteiger partial charge in [-0.15, -0.1) is 0 Å². The molecule has 20 heavy (non-hydrogen) atoms. The lowest BCUT2D eigenvalue weighted by Gasteiger charge is -2.39. The van der Waals surface area contributed by atoms with E-state index in [1.807, 2.05) is 38.1 Å². The minimum atomic E-state index is -0.858. The quantitative estimate of drug-likeness (QED) is 0.745. The normalized spacial score (nSPS) is 12.2. The van der Waals surface area contributed by atoms with Gasteiger partial charge < -0.3 is 15.2 Å². The van der Waals surface area contributed by atoms with Gasteiger partial charge in [0.15, 0.2) is 0 Å². The fourth-order valence-electron chi connectivity index (χ4n) is 1.58. The molecule has 1 aromatic carbocycles. The molecule has 0 heterocycles. The first-order valence-corrected chi connectivity index (χ1v) is 7.33. The van der Waals surface area contributed by atoms with Crippen LogP contribution in [-0.2, 0) is 4.79 Å². The third-order valence-electron chi connectivity index (χ3n) is 3.83. The molecule has 4 nitrogen and oxygen atoms in total. The van der Waals surface area contributed by atoms with Crippen LogP contribution in [-0.4, -0.2) is 29.8 Å². The molecule has 0 unspecified atom stereocenters. The van der Waals surface area contributed by atoms with Crippen LogP contribution in [0.2, 0.25) is 0 Å². The first-order chi connectivity index (χ1) is 9.17. The number of benzene rings is 1. The van der Waals surface area contributed by atoms with E-state index in [4.69, 9.17) is 4.74 Å². The van der Waals surface area contributed by atoms with E-state index >= 15 is 0 Å². The molecule has 1 aromatic rings. The average Bonchev–Trinajstić information content (AvgIpc) is 2.34. The van der Waals surface area contributed by atoms with Crippen LogP contribution in [0.15, 0.2) is 28.7 Å². The van der Waals surface area contributed by atoms with Crippen LogP contribution in [0.25, 0.3) is 0 Å². The number of hydrogen-bond acceptors (Lipinski definition) is 3. The molecule has 0 aliphatic rings. The topological polar surface area (TPSA) is 58.6 Å². The van der Waals surface area contributed by atoms with Crippen molar-refractivity contribution in [1.82, 2.24) is 5.32 Å². The van der Waals surface area contributed by atoms with Crippen LogP contribution in [0, 0.1) is 5.41 Å². The SMILES string of the molecule is CC(C)(NCCOc1cccc(Br)c1)C(C)(C)C(=O)O. The van der Waals surface area contributed by atoms with Crippen LogP contribution in [0.5, 0.6) is 5.75 Å². The highest BCUT2D eigenvalue weighted by Gasteiger charge is 2.42. The van der Waals surface area contributed by atoms with Crippen molar-refractivity contribution in [3.05, 3.63) is 28.7 Å². The molecule has 0 aromatic heterocycles. The second-order valence-electron chi connectivity index (χ2n) is 5.79. The average molecular weight is 344 g/mol. The van der Waals surface area contributed by atoms with Crippen molar-refractivity contribution < 1.29 is 14.6 Å². The number of carboxylic acid groups (broad SMARTS) is 1. The molecule has 112 valence electrons. The molecule has 0 radical (unpaired) electrons. The third-order valence-corrected chi connectivity index (χ3v) is 4.32. The Bertz CT molecular complexity index is 472. The smallest absolute Gasteiger partial charge is 0.310 e. The van der Waals surface area contributed by atoms with E-state index in [9.17, 15) is 9.90 Å². The Kier molecular flexibility index (Phi) is 5.59. The van der Waals surface area contributed by atoms with Gasteiger partial charge in [-0.05, 0) is 45.9 Å². The number of hydrogen-bond donors (Lipinski definition) is 2. The van der Waals surface area contributed by atoms with Crippen molar-refractivity contribution in [3.8, 4) is 5.75 Å². The zero-order valence-electron chi connectivity index (χ0n) is 12.4. The molecular weight excluding hydrogens is 322 g/mol. The number of nitrogens with one attached hydrogen (secondary N) is 1. The Balaban J connectivity index is 2.46.